The highest BCUT2D eigenvalue weighted by Crippen LogP contribution is 2.24. The first kappa shape index (κ1) is 15.3. The molecular weight excluding hydrogens is 334 g/mol. The van der Waals surface area contributed by atoms with Crippen LogP contribution >= 0.6 is 27.3 Å². The van der Waals surface area contributed by atoms with E-state index < -0.39 is 0 Å². The maximum absolute atomic E-state index is 12.4. The SMILES string of the molecule is CCCC(NC(=O)c1ccc(Br)c(C)c1)c1cccs1. The summed E-state index contributed by atoms with van der Waals surface area (Å²) in [6, 6.07) is 9.90. The van der Waals surface area contributed by atoms with Crippen molar-refractivity contribution in [1.82, 2.24) is 5.32 Å². The molecule has 0 spiro atoms. The Balaban J connectivity index is 2.13. The van der Waals surface area contributed by atoms with Crippen molar-refractivity contribution >= 4 is 33.2 Å². The van der Waals surface area contributed by atoms with Crippen LogP contribution in [0, 0.1) is 6.92 Å². The van der Waals surface area contributed by atoms with E-state index >= 15 is 0 Å². The number of halogens is 1. The monoisotopic (exact) mass is 351 g/mol. The zero-order chi connectivity index (χ0) is 14.5. The fourth-order valence-electron chi connectivity index (χ4n) is 2.09. The Kier molecular flexibility index (Phi) is 5.38. The van der Waals surface area contributed by atoms with Gasteiger partial charge in [-0.05, 0) is 48.6 Å². The molecule has 0 saturated carbocycles. The average Bonchev–Trinajstić information content (AvgIpc) is 2.95. The predicted molar refractivity (Wildman–Crippen MR) is 88.3 cm³/mol. The minimum Gasteiger partial charge on any atom is -0.344 e. The Bertz CT molecular complexity index is 580. The lowest BCUT2D eigenvalue weighted by molar-refractivity contribution is 0.0935. The van der Waals surface area contributed by atoms with Crippen molar-refractivity contribution in [3.63, 3.8) is 0 Å². The summed E-state index contributed by atoms with van der Waals surface area (Å²) < 4.78 is 1.03. The summed E-state index contributed by atoms with van der Waals surface area (Å²) in [6.45, 7) is 4.13. The summed E-state index contributed by atoms with van der Waals surface area (Å²) in [5.74, 6) is -0.00699. The largest absolute Gasteiger partial charge is 0.344 e. The van der Waals surface area contributed by atoms with Gasteiger partial charge in [0.1, 0.15) is 0 Å². The van der Waals surface area contributed by atoms with Gasteiger partial charge in [0, 0.05) is 14.9 Å². The van der Waals surface area contributed by atoms with Gasteiger partial charge in [-0.25, -0.2) is 0 Å². The second kappa shape index (κ2) is 7.04. The normalized spacial score (nSPS) is 12.2. The van der Waals surface area contributed by atoms with Gasteiger partial charge in [0.2, 0.25) is 0 Å². The molecule has 0 aliphatic heterocycles. The average molecular weight is 352 g/mol. The Morgan fingerprint density at radius 1 is 1.40 bits per heavy atom. The van der Waals surface area contributed by atoms with E-state index in [1.807, 2.05) is 36.6 Å². The van der Waals surface area contributed by atoms with Gasteiger partial charge in [-0.3, -0.25) is 4.79 Å². The summed E-state index contributed by atoms with van der Waals surface area (Å²) in [5.41, 5.74) is 1.78. The number of aryl methyl sites for hydroxylation is 1. The summed E-state index contributed by atoms with van der Waals surface area (Å²) in [6.07, 6.45) is 2.00. The minimum absolute atomic E-state index is 0.00699. The molecule has 2 rings (SSSR count). The number of carbonyl (C=O) groups is 1. The fourth-order valence-corrected chi connectivity index (χ4v) is 3.15. The first-order valence-corrected chi connectivity index (χ1v) is 8.39. The smallest absolute Gasteiger partial charge is 0.251 e. The first-order valence-electron chi connectivity index (χ1n) is 6.72. The molecule has 0 radical (unpaired) electrons. The standard InChI is InChI=1S/C16H18BrNOS/c1-3-5-14(15-6-4-9-20-15)18-16(19)12-7-8-13(17)11(2)10-12/h4,6-10,14H,3,5H2,1-2H3,(H,18,19). The Morgan fingerprint density at radius 2 is 2.20 bits per heavy atom. The van der Waals surface area contributed by atoms with Crippen LogP contribution in [0.5, 0.6) is 0 Å². The lowest BCUT2D eigenvalue weighted by Gasteiger charge is -2.17. The van der Waals surface area contributed by atoms with Crippen LogP contribution in [-0.4, -0.2) is 5.91 Å². The van der Waals surface area contributed by atoms with E-state index in [0.29, 0.717) is 5.56 Å². The molecule has 0 saturated heterocycles. The molecule has 0 aliphatic carbocycles. The molecule has 20 heavy (non-hydrogen) atoms. The third-order valence-corrected chi connectivity index (χ3v) is 5.07. The molecule has 1 heterocycles. The van der Waals surface area contributed by atoms with E-state index in [1.165, 1.54) is 4.88 Å². The summed E-state index contributed by atoms with van der Waals surface area (Å²) >= 11 is 5.15. The topological polar surface area (TPSA) is 29.1 Å². The van der Waals surface area contributed by atoms with E-state index in [4.69, 9.17) is 0 Å². The van der Waals surface area contributed by atoms with Crippen molar-refractivity contribution in [2.24, 2.45) is 0 Å². The van der Waals surface area contributed by atoms with Crippen LogP contribution < -0.4 is 5.32 Å². The van der Waals surface area contributed by atoms with Gasteiger partial charge in [-0.15, -0.1) is 11.3 Å². The quantitative estimate of drug-likeness (QED) is 0.798. The second-order valence-corrected chi connectivity index (χ2v) is 6.63. The van der Waals surface area contributed by atoms with Gasteiger partial charge >= 0.3 is 0 Å². The van der Waals surface area contributed by atoms with Gasteiger partial charge in [-0.2, -0.15) is 0 Å². The van der Waals surface area contributed by atoms with Gasteiger partial charge in [0.15, 0.2) is 0 Å². The number of amides is 1. The van der Waals surface area contributed by atoms with Crippen LogP contribution in [-0.2, 0) is 0 Å². The lowest BCUT2D eigenvalue weighted by Crippen LogP contribution is -2.28. The molecule has 1 atom stereocenters. The molecule has 1 aromatic heterocycles. The van der Waals surface area contributed by atoms with Crippen LogP contribution in [0.3, 0.4) is 0 Å². The number of carbonyl (C=O) groups excluding carboxylic acids is 1. The number of nitrogens with one attached hydrogen (secondary N) is 1. The van der Waals surface area contributed by atoms with Crippen LogP contribution in [0.15, 0.2) is 40.2 Å². The highest BCUT2D eigenvalue weighted by atomic mass is 79.9. The molecule has 1 unspecified atom stereocenters. The molecule has 0 aliphatic rings. The van der Waals surface area contributed by atoms with E-state index in [9.17, 15) is 4.79 Å². The van der Waals surface area contributed by atoms with Crippen LogP contribution in [0.4, 0.5) is 0 Å². The van der Waals surface area contributed by atoms with Crippen molar-refractivity contribution < 1.29 is 4.79 Å². The molecule has 4 heteroatoms. The zero-order valence-corrected chi connectivity index (χ0v) is 14.1. The minimum atomic E-state index is -0.00699. The molecule has 1 N–H and O–H groups in total. The van der Waals surface area contributed by atoms with E-state index in [-0.39, 0.29) is 11.9 Å². The molecule has 106 valence electrons. The van der Waals surface area contributed by atoms with Crippen LogP contribution in [0.25, 0.3) is 0 Å². The van der Waals surface area contributed by atoms with Crippen molar-refractivity contribution in [3.8, 4) is 0 Å². The predicted octanol–water partition coefficient (Wildman–Crippen LogP) is 5.09. The number of hydrogen-bond acceptors (Lipinski definition) is 2. The molecular formula is C16H18BrNOS. The van der Waals surface area contributed by atoms with Crippen LogP contribution in [0.2, 0.25) is 0 Å². The third kappa shape index (κ3) is 3.70. The fraction of sp³-hybridized carbons (Fsp3) is 0.312. The summed E-state index contributed by atoms with van der Waals surface area (Å²) in [4.78, 5) is 13.6. The highest BCUT2D eigenvalue weighted by molar-refractivity contribution is 9.10. The van der Waals surface area contributed by atoms with Crippen molar-refractivity contribution in [2.75, 3.05) is 0 Å². The van der Waals surface area contributed by atoms with E-state index in [0.717, 1.165) is 22.9 Å². The molecule has 1 amide bonds. The second-order valence-electron chi connectivity index (χ2n) is 4.79. The first-order chi connectivity index (χ1) is 9.61. The van der Waals surface area contributed by atoms with Gasteiger partial charge in [0.05, 0.1) is 6.04 Å². The lowest BCUT2D eigenvalue weighted by atomic mass is 10.1. The molecule has 0 bridgehead atoms. The molecule has 1 aromatic carbocycles. The van der Waals surface area contributed by atoms with Gasteiger partial charge < -0.3 is 5.32 Å². The Morgan fingerprint density at radius 3 is 2.80 bits per heavy atom. The van der Waals surface area contributed by atoms with E-state index in [1.54, 1.807) is 11.3 Å². The Hall–Kier alpha value is -1.13. The highest BCUT2D eigenvalue weighted by Gasteiger charge is 2.16. The van der Waals surface area contributed by atoms with Crippen molar-refractivity contribution in [2.45, 2.75) is 32.7 Å². The maximum Gasteiger partial charge on any atom is 0.251 e. The summed E-state index contributed by atoms with van der Waals surface area (Å²) in [7, 11) is 0. The van der Waals surface area contributed by atoms with Crippen molar-refractivity contribution in [3.05, 3.63) is 56.2 Å². The zero-order valence-electron chi connectivity index (χ0n) is 11.7. The molecule has 2 nitrogen and oxygen atoms in total. The van der Waals surface area contributed by atoms with Gasteiger partial charge in [-0.1, -0.05) is 35.3 Å². The van der Waals surface area contributed by atoms with E-state index in [2.05, 4.69) is 34.2 Å². The number of rotatable bonds is 5. The van der Waals surface area contributed by atoms with Gasteiger partial charge in [0.25, 0.3) is 5.91 Å². The number of hydrogen-bond donors (Lipinski definition) is 1. The van der Waals surface area contributed by atoms with Crippen LogP contribution in [0.1, 0.15) is 46.6 Å². The Labute approximate surface area is 132 Å². The third-order valence-electron chi connectivity index (χ3n) is 3.19. The number of thiophene rings is 1. The van der Waals surface area contributed by atoms with Crippen molar-refractivity contribution in [1.29, 1.82) is 0 Å². The summed E-state index contributed by atoms with van der Waals surface area (Å²) in [5, 5.41) is 5.19. The molecule has 0 fully saturated rings. The maximum atomic E-state index is 12.4. The number of benzene rings is 1. The molecule has 2 aromatic rings.